The zero-order valence-electron chi connectivity index (χ0n) is 6.76. The molecule has 1 aromatic heterocycles. The van der Waals surface area contributed by atoms with Crippen LogP contribution in [0, 0.1) is 5.92 Å². The second-order valence-corrected chi connectivity index (χ2v) is 3.20. The lowest BCUT2D eigenvalue weighted by Gasteiger charge is -1.97. The lowest BCUT2D eigenvalue weighted by atomic mass is 10.4. The van der Waals surface area contributed by atoms with E-state index in [0.29, 0.717) is 12.4 Å². The van der Waals surface area contributed by atoms with Crippen LogP contribution >= 0.6 is 0 Å². The first-order valence-electron chi connectivity index (χ1n) is 4.19. The van der Waals surface area contributed by atoms with E-state index < -0.39 is 0 Å². The highest BCUT2D eigenvalue weighted by atomic mass is 16.1. The SMILES string of the molecule is O=c1[nH]nc(CNCC2CC2)[nH]1. The Hall–Kier alpha value is -1.10. The molecule has 5 heteroatoms. The van der Waals surface area contributed by atoms with E-state index in [2.05, 4.69) is 20.5 Å². The second kappa shape index (κ2) is 3.10. The number of rotatable bonds is 4. The first kappa shape index (κ1) is 7.54. The molecule has 0 radical (unpaired) electrons. The van der Waals surface area contributed by atoms with Crippen molar-refractivity contribution in [3.63, 3.8) is 0 Å². The van der Waals surface area contributed by atoms with Crippen LogP contribution in [0.2, 0.25) is 0 Å². The number of hydrogen-bond donors (Lipinski definition) is 3. The Kier molecular flexibility index (Phi) is 1.95. The van der Waals surface area contributed by atoms with Gasteiger partial charge in [0.25, 0.3) is 0 Å². The fourth-order valence-electron chi connectivity index (χ4n) is 1.11. The summed E-state index contributed by atoms with van der Waals surface area (Å²) in [5.74, 6) is 1.54. The summed E-state index contributed by atoms with van der Waals surface area (Å²) in [5.41, 5.74) is -0.238. The zero-order valence-corrected chi connectivity index (χ0v) is 6.76. The summed E-state index contributed by atoms with van der Waals surface area (Å²) in [6, 6.07) is 0. The van der Waals surface area contributed by atoms with Crippen LogP contribution in [0.4, 0.5) is 0 Å². The predicted octanol–water partition coefficient (Wildman–Crippen LogP) is -0.402. The Morgan fingerprint density at radius 1 is 1.58 bits per heavy atom. The van der Waals surface area contributed by atoms with Crippen molar-refractivity contribution >= 4 is 0 Å². The highest BCUT2D eigenvalue weighted by molar-refractivity contribution is 4.81. The minimum atomic E-state index is -0.238. The van der Waals surface area contributed by atoms with Crippen LogP contribution in [-0.4, -0.2) is 21.7 Å². The molecule has 0 atom stereocenters. The molecule has 12 heavy (non-hydrogen) atoms. The van der Waals surface area contributed by atoms with Gasteiger partial charge in [0.05, 0.1) is 6.54 Å². The van der Waals surface area contributed by atoms with Gasteiger partial charge in [0, 0.05) is 0 Å². The Bertz CT molecular complexity index is 298. The molecular formula is C7H12N4O. The van der Waals surface area contributed by atoms with Crippen molar-refractivity contribution in [2.75, 3.05) is 6.54 Å². The van der Waals surface area contributed by atoms with Gasteiger partial charge in [0.2, 0.25) is 0 Å². The Morgan fingerprint density at radius 3 is 3.00 bits per heavy atom. The predicted molar refractivity (Wildman–Crippen MR) is 43.6 cm³/mol. The van der Waals surface area contributed by atoms with Gasteiger partial charge in [-0.25, -0.2) is 9.89 Å². The summed E-state index contributed by atoms with van der Waals surface area (Å²) in [6.07, 6.45) is 2.67. The molecule has 0 aromatic carbocycles. The molecule has 0 aliphatic heterocycles. The van der Waals surface area contributed by atoms with Gasteiger partial charge in [-0.3, -0.25) is 4.98 Å². The lowest BCUT2D eigenvalue weighted by Crippen LogP contribution is -2.17. The van der Waals surface area contributed by atoms with Gasteiger partial charge in [-0.1, -0.05) is 0 Å². The summed E-state index contributed by atoms with van der Waals surface area (Å²) in [7, 11) is 0. The highest BCUT2D eigenvalue weighted by Crippen LogP contribution is 2.27. The molecule has 0 unspecified atom stereocenters. The standard InChI is InChI=1S/C7H12N4O/c12-7-9-6(10-11-7)4-8-3-5-1-2-5/h5,8H,1-4H2,(H2,9,10,11,12). The van der Waals surface area contributed by atoms with Crippen LogP contribution < -0.4 is 11.0 Å². The third-order valence-corrected chi connectivity index (χ3v) is 1.97. The van der Waals surface area contributed by atoms with Crippen LogP contribution in [0.3, 0.4) is 0 Å². The Labute approximate surface area is 69.6 Å². The fourth-order valence-corrected chi connectivity index (χ4v) is 1.11. The quantitative estimate of drug-likeness (QED) is 0.572. The number of aromatic nitrogens is 3. The molecular weight excluding hydrogens is 156 g/mol. The Morgan fingerprint density at radius 2 is 2.42 bits per heavy atom. The lowest BCUT2D eigenvalue weighted by molar-refractivity contribution is 0.620. The van der Waals surface area contributed by atoms with Gasteiger partial charge in [0.15, 0.2) is 0 Å². The van der Waals surface area contributed by atoms with E-state index in [-0.39, 0.29) is 5.69 Å². The third-order valence-electron chi connectivity index (χ3n) is 1.97. The second-order valence-electron chi connectivity index (χ2n) is 3.20. The summed E-state index contributed by atoms with van der Waals surface area (Å²) in [5, 5.41) is 9.32. The van der Waals surface area contributed by atoms with Crippen molar-refractivity contribution < 1.29 is 0 Å². The van der Waals surface area contributed by atoms with Crippen molar-refractivity contribution in [2.24, 2.45) is 5.92 Å². The van der Waals surface area contributed by atoms with Gasteiger partial charge >= 0.3 is 5.69 Å². The molecule has 1 aliphatic carbocycles. The third kappa shape index (κ3) is 1.94. The molecule has 3 N–H and O–H groups in total. The molecule has 66 valence electrons. The fraction of sp³-hybridized carbons (Fsp3) is 0.714. The van der Waals surface area contributed by atoms with E-state index >= 15 is 0 Å². The largest absolute Gasteiger partial charge is 0.340 e. The Balaban J connectivity index is 1.75. The van der Waals surface area contributed by atoms with Crippen molar-refractivity contribution in [3.05, 3.63) is 16.3 Å². The molecule has 1 aromatic rings. The average Bonchev–Trinajstić information content (AvgIpc) is 2.76. The topological polar surface area (TPSA) is 73.6 Å². The molecule has 1 aliphatic rings. The summed E-state index contributed by atoms with van der Waals surface area (Å²) >= 11 is 0. The van der Waals surface area contributed by atoms with Crippen LogP contribution in [0.5, 0.6) is 0 Å². The van der Waals surface area contributed by atoms with Crippen molar-refractivity contribution in [2.45, 2.75) is 19.4 Å². The number of hydrogen-bond acceptors (Lipinski definition) is 3. The van der Waals surface area contributed by atoms with E-state index in [4.69, 9.17) is 0 Å². The van der Waals surface area contributed by atoms with E-state index in [1.165, 1.54) is 12.8 Å². The smallest absolute Gasteiger partial charge is 0.310 e. The molecule has 0 spiro atoms. The molecule has 5 nitrogen and oxygen atoms in total. The van der Waals surface area contributed by atoms with E-state index in [1.54, 1.807) is 0 Å². The molecule has 0 bridgehead atoms. The number of H-pyrrole nitrogens is 2. The maximum absolute atomic E-state index is 10.6. The maximum Gasteiger partial charge on any atom is 0.340 e. The maximum atomic E-state index is 10.6. The van der Waals surface area contributed by atoms with Gasteiger partial charge in [-0.05, 0) is 25.3 Å². The van der Waals surface area contributed by atoms with Gasteiger partial charge in [0.1, 0.15) is 5.82 Å². The molecule has 1 fully saturated rings. The first-order chi connectivity index (χ1) is 5.84. The minimum Gasteiger partial charge on any atom is -0.310 e. The zero-order chi connectivity index (χ0) is 8.39. The molecule has 1 saturated carbocycles. The van der Waals surface area contributed by atoms with Crippen LogP contribution in [-0.2, 0) is 6.54 Å². The number of nitrogens with zero attached hydrogens (tertiary/aromatic N) is 1. The van der Waals surface area contributed by atoms with Crippen LogP contribution in [0.15, 0.2) is 4.79 Å². The molecule has 0 amide bonds. The highest BCUT2D eigenvalue weighted by Gasteiger charge is 2.20. The summed E-state index contributed by atoms with van der Waals surface area (Å²) in [4.78, 5) is 13.2. The van der Waals surface area contributed by atoms with Crippen molar-refractivity contribution in [1.82, 2.24) is 20.5 Å². The summed E-state index contributed by atoms with van der Waals surface area (Å²) < 4.78 is 0. The molecule has 2 rings (SSSR count). The van der Waals surface area contributed by atoms with Crippen molar-refractivity contribution in [3.8, 4) is 0 Å². The van der Waals surface area contributed by atoms with Crippen LogP contribution in [0.1, 0.15) is 18.7 Å². The van der Waals surface area contributed by atoms with E-state index in [9.17, 15) is 4.79 Å². The van der Waals surface area contributed by atoms with Crippen molar-refractivity contribution in [1.29, 1.82) is 0 Å². The van der Waals surface area contributed by atoms with Crippen LogP contribution in [0.25, 0.3) is 0 Å². The number of aromatic amines is 2. The van der Waals surface area contributed by atoms with Gasteiger partial charge < -0.3 is 5.32 Å². The van der Waals surface area contributed by atoms with Gasteiger partial charge in [-0.2, -0.15) is 5.10 Å². The minimum absolute atomic E-state index is 0.238. The summed E-state index contributed by atoms with van der Waals surface area (Å²) in [6.45, 7) is 1.68. The monoisotopic (exact) mass is 168 g/mol. The normalized spacial score (nSPS) is 16.7. The number of nitrogens with one attached hydrogen (secondary N) is 3. The van der Waals surface area contributed by atoms with E-state index in [0.717, 1.165) is 12.5 Å². The van der Waals surface area contributed by atoms with Gasteiger partial charge in [-0.15, -0.1) is 0 Å². The average molecular weight is 168 g/mol. The molecule has 0 saturated heterocycles. The first-order valence-corrected chi connectivity index (χ1v) is 4.19. The molecule has 1 heterocycles. The van der Waals surface area contributed by atoms with E-state index in [1.807, 2.05) is 0 Å².